The van der Waals surface area contributed by atoms with Gasteiger partial charge in [-0.2, -0.15) is 0 Å². The molecule has 0 spiro atoms. The van der Waals surface area contributed by atoms with Crippen LogP contribution in [-0.2, 0) is 6.54 Å². The first kappa shape index (κ1) is 11.9. The predicted molar refractivity (Wildman–Crippen MR) is 72.8 cm³/mol. The molecule has 0 amide bonds. The van der Waals surface area contributed by atoms with Gasteiger partial charge in [0.1, 0.15) is 11.3 Å². The number of pyridine rings is 1. The Bertz CT molecular complexity index is 751. The van der Waals surface area contributed by atoms with Crippen LogP contribution in [0.2, 0.25) is 5.02 Å². The Balaban J connectivity index is 2.07. The number of anilines is 1. The van der Waals surface area contributed by atoms with Crippen LogP contribution >= 0.6 is 11.6 Å². The van der Waals surface area contributed by atoms with E-state index in [-0.39, 0.29) is 0 Å². The number of aromatic nitrogens is 5. The minimum atomic E-state index is 0.390. The molecule has 96 valence electrons. The summed E-state index contributed by atoms with van der Waals surface area (Å²) in [7, 11) is 0. The number of hydrogen-bond donors (Lipinski definition) is 1. The number of hydrogen-bond acceptors (Lipinski definition) is 5. The maximum absolute atomic E-state index is 5.91. The molecule has 0 aliphatic carbocycles. The second-order valence-corrected chi connectivity index (χ2v) is 4.58. The molecule has 0 unspecified atom stereocenters. The fourth-order valence-electron chi connectivity index (χ4n) is 1.91. The SMILES string of the molecule is Cc1nccc(Cn2c(N)nc3cc(Cl)cnc32)n1. The average Bonchev–Trinajstić information content (AvgIpc) is 2.65. The second kappa shape index (κ2) is 4.47. The molecule has 0 saturated carbocycles. The Morgan fingerprint density at radius 2 is 2.16 bits per heavy atom. The molecule has 0 bridgehead atoms. The van der Waals surface area contributed by atoms with Gasteiger partial charge in [0.15, 0.2) is 5.65 Å². The van der Waals surface area contributed by atoms with Crippen LogP contribution in [0.4, 0.5) is 5.95 Å². The maximum atomic E-state index is 5.91. The molecule has 19 heavy (non-hydrogen) atoms. The lowest BCUT2D eigenvalue weighted by Gasteiger charge is -2.05. The van der Waals surface area contributed by atoms with Crippen LogP contribution in [-0.4, -0.2) is 24.5 Å². The molecule has 0 aliphatic rings. The van der Waals surface area contributed by atoms with Crippen molar-refractivity contribution in [3.05, 3.63) is 41.1 Å². The number of nitrogens with two attached hydrogens (primary N) is 1. The van der Waals surface area contributed by atoms with Gasteiger partial charge in [-0.1, -0.05) is 11.6 Å². The zero-order chi connectivity index (χ0) is 13.4. The fourth-order valence-corrected chi connectivity index (χ4v) is 2.07. The molecule has 0 aliphatic heterocycles. The third kappa shape index (κ3) is 2.22. The van der Waals surface area contributed by atoms with Gasteiger partial charge < -0.3 is 5.73 Å². The third-order valence-corrected chi connectivity index (χ3v) is 2.94. The van der Waals surface area contributed by atoms with E-state index in [2.05, 4.69) is 19.9 Å². The topological polar surface area (TPSA) is 82.5 Å². The second-order valence-electron chi connectivity index (χ2n) is 4.15. The lowest BCUT2D eigenvalue weighted by atomic mass is 10.4. The quantitative estimate of drug-likeness (QED) is 0.771. The largest absolute Gasteiger partial charge is 0.369 e. The van der Waals surface area contributed by atoms with Crippen molar-refractivity contribution < 1.29 is 0 Å². The van der Waals surface area contributed by atoms with Crippen LogP contribution in [0.1, 0.15) is 11.5 Å². The molecule has 2 N–H and O–H groups in total. The number of halogens is 1. The van der Waals surface area contributed by atoms with Crippen LogP contribution < -0.4 is 5.73 Å². The Morgan fingerprint density at radius 1 is 1.32 bits per heavy atom. The van der Waals surface area contributed by atoms with E-state index in [0.29, 0.717) is 28.7 Å². The Kier molecular flexibility index (Phi) is 2.79. The summed E-state index contributed by atoms with van der Waals surface area (Å²) in [6.07, 6.45) is 3.30. The summed E-state index contributed by atoms with van der Waals surface area (Å²) in [6.45, 7) is 2.34. The lowest BCUT2D eigenvalue weighted by molar-refractivity contribution is 0.787. The zero-order valence-electron chi connectivity index (χ0n) is 10.2. The summed E-state index contributed by atoms with van der Waals surface area (Å²) in [5, 5.41) is 0.537. The number of aryl methyl sites for hydroxylation is 1. The van der Waals surface area contributed by atoms with Gasteiger partial charge in [-0.05, 0) is 19.1 Å². The van der Waals surface area contributed by atoms with Gasteiger partial charge in [0, 0.05) is 12.4 Å². The monoisotopic (exact) mass is 274 g/mol. The Morgan fingerprint density at radius 3 is 2.95 bits per heavy atom. The minimum absolute atomic E-state index is 0.390. The Hall–Kier alpha value is -2.21. The van der Waals surface area contributed by atoms with Gasteiger partial charge in [0.2, 0.25) is 5.95 Å². The van der Waals surface area contributed by atoms with Crippen molar-refractivity contribution in [3.63, 3.8) is 0 Å². The van der Waals surface area contributed by atoms with Crippen molar-refractivity contribution in [2.75, 3.05) is 5.73 Å². The van der Waals surface area contributed by atoms with E-state index in [1.807, 2.05) is 13.0 Å². The molecule has 0 atom stereocenters. The van der Waals surface area contributed by atoms with Gasteiger partial charge >= 0.3 is 0 Å². The highest BCUT2D eigenvalue weighted by atomic mass is 35.5. The summed E-state index contributed by atoms with van der Waals surface area (Å²) in [5.41, 5.74) is 8.14. The zero-order valence-corrected chi connectivity index (χ0v) is 11.0. The predicted octanol–water partition coefficient (Wildman–Crippen LogP) is 1.81. The molecule has 0 saturated heterocycles. The minimum Gasteiger partial charge on any atom is -0.369 e. The molecule has 3 rings (SSSR count). The van der Waals surface area contributed by atoms with E-state index in [4.69, 9.17) is 17.3 Å². The molecule has 0 fully saturated rings. The maximum Gasteiger partial charge on any atom is 0.202 e. The van der Waals surface area contributed by atoms with Gasteiger partial charge in [-0.3, -0.25) is 4.57 Å². The van der Waals surface area contributed by atoms with E-state index in [1.165, 1.54) is 0 Å². The molecule has 3 aromatic rings. The Labute approximate surface area is 114 Å². The highest BCUT2D eigenvalue weighted by Gasteiger charge is 2.11. The van der Waals surface area contributed by atoms with Crippen LogP contribution in [0.25, 0.3) is 11.2 Å². The van der Waals surface area contributed by atoms with Crippen LogP contribution in [0, 0.1) is 6.92 Å². The van der Waals surface area contributed by atoms with E-state index in [0.717, 1.165) is 11.5 Å². The van der Waals surface area contributed by atoms with Crippen molar-refractivity contribution in [1.82, 2.24) is 24.5 Å². The van der Waals surface area contributed by atoms with Crippen molar-refractivity contribution >= 4 is 28.7 Å². The molecule has 0 radical (unpaired) electrons. The van der Waals surface area contributed by atoms with Gasteiger partial charge in [0.05, 0.1) is 17.3 Å². The van der Waals surface area contributed by atoms with E-state index < -0.39 is 0 Å². The number of rotatable bonds is 2. The highest BCUT2D eigenvalue weighted by molar-refractivity contribution is 6.31. The molecule has 3 aromatic heterocycles. The third-order valence-electron chi connectivity index (χ3n) is 2.73. The molecule has 3 heterocycles. The fraction of sp³-hybridized carbons (Fsp3) is 0.167. The smallest absolute Gasteiger partial charge is 0.202 e. The lowest BCUT2D eigenvalue weighted by Crippen LogP contribution is -2.07. The number of fused-ring (bicyclic) bond motifs is 1. The first-order valence-electron chi connectivity index (χ1n) is 5.69. The van der Waals surface area contributed by atoms with E-state index in [1.54, 1.807) is 23.0 Å². The first-order chi connectivity index (χ1) is 9.13. The average molecular weight is 275 g/mol. The van der Waals surface area contributed by atoms with Crippen LogP contribution in [0.5, 0.6) is 0 Å². The molecule has 7 heteroatoms. The highest BCUT2D eigenvalue weighted by Crippen LogP contribution is 2.20. The van der Waals surface area contributed by atoms with Gasteiger partial charge in [0.25, 0.3) is 0 Å². The van der Waals surface area contributed by atoms with Crippen molar-refractivity contribution in [3.8, 4) is 0 Å². The van der Waals surface area contributed by atoms with E-state index >= 15 is 0 Å². The summed E-state index contributed by atoms with van der Waals surface area (Å²) < 4.78 is 1.80. The summed E-state index contributed by atoms with van der Waals surface area (Å²) in [4.78, 5) is 16.9. The van der Waals surface area contributed by atoms with Crippen molar-refractivity contribution in [1.29, 1.82) is 0 Å². The number of nitrogen functional groups attached to an aromatic ring is 1. The van der Waals surface area contributed by atoms with Gasteiger partial charge in [-0.25, -0.2) is 19.9 Å². The number of imidazole rings is 1. The van der Waals surface area contributed by atoms with E-state index in [9.17, 15) is 0 Å². The molecule has 6 nitrogen and oxygen atoms in total. The summed E-state index contributed by atoms with van der Waals surface area (Å²) >= 11 is 5.89. The summed E-state index contributed by atoms with van der Waals surface area (Å²) in [6, 6.07) is 3.58. The molecule has 0 aromatic carbocycles. The normalized spacial score (nSPS) is 11.1. The van der Waals surface area contributed by atoms with Crippen LogP contribution in [0.15, 0.2) is 24.5 Å². The standard InChI is InChI=1S/C12H11ClN6/c1-7-15-3-2-9(17-7)6-19-11-10(18-12(19)14)4-8(13)5-16-11/h2-5H,6H2,1H3,(H2,14,18). The van der Waals surface area contributed by atoms with Crippen molar-refractivity contribution in [2.45, 2.75) is 13.5 Å². The molecular weight excluding hydrogens is 264 g/mol. The number of nitrogens with zero attached hydrogens (tertiary/aromatic N) is 5. The van der Waals surface area contributed by atoms with Crippen LogP contribution in [0.3, 0.4) is 0 Å². The van der Waals surface area contributed by atoms with Gasteiger partial charge in [-0.15, -0.1) is 0 Å². The molecular formula is C12H11ClN6. The van der Waals surface area contributed by atoms with Crippen molar-refractivity contribution in [2.24, 2.45) is 0 Å². The first-order valence-corrected chi connectivity index (χ1v) is 6.07. The summed E-state index contributed by atoms with van der Waals surface area (Å²) in [5.74, 6) is 1.11.